The van der Waals surface area contributed by atoms with Gasteiger partial charge in [-0.25, -0.2) is 0 Å². The molecule has 3 unspecified atom stereocenters. The maximum absolute atomic E-state index is 11.1. The van der Waals surface area contributed by atoms with Crippen molar-refractivity contribution in [2.24, 2.45) is 0 Å². The molecule has 4 heteroatoms. The van der Waals surface area contributed by atoms with Crippen molar-refractivity contribution < 1.29 is 4.79 Å². The molecule has 1 fully saturated rings. The minimum Gasteiger partial charge on any atom is -0.381 e. The Morgan fingerprint density at radius 3 is 2.89 bits per heavy atom. The van der Waals surface area contributed by atoms with Crippen LogP contribution in [0, 0.1) is 0 Å². The molecule has 1 aliphatic carbocycles. The molecule has 0 spiro atoms. The normalized spacial score (nSPS) is 28.4. The number of hydrogen-bond donors (Lipinski definition) is 2. The monoisotopic (exact) mass is 266 g/mol. The molecule has 1 aromatic rings. The van der Waals surface area contributed by atoms with Crippen molar-refractivity contribution in [2.45, 2.75) is 44.2 Å². The second kappa shape index (κ2) is 5.19. The third-order valence-corrected chi connectivity index (χ3v) is 3.96. The van der Waals surface area contributed by atoms with Crippen molar-refractivity contribution in [1.29, 1.82) is 0 Å². The number of carbonyl (C=O) groups is 1. The van der Waals surface area contributed by atoms with E-state index in [1.54, 1.807) is 6.92 Å². The van der Waals surface area contributed by atoms with Gasteiger partial charge in [-0.15, -0.1) is 12.4 Å². The average Bonchev–Trinajstić information content (AvgIpc) is 2.65. The molecular weight excluding hydrogens is 248 g/mol. The summed E-state index contributed by atoms with van der Waals surface area (Å²) in [5, 5.41) is 6.63. The summed E-state index contributed by atoms with van der Waals surface area (Å²) in [5.41, 5.74) is 2.74. The molecule has 2 N–H and O–H groups in total. The average molecular weight is 267 g/mol. The zero-order chi connectivity index (χ0) is 11.8. The molecule has 0 aromatic heterocycles. The first kappa shape index (κ1) is 13.2. The fourth-order valence-electron chi connectivity index (χ4n) is 3.27. The summed E-state index contributed by atoms with van der Waals surface area (Å²) in [5.74, 6) is 0.722. The van der Waals surface area contributed by atoms with E-state index in [4.69, 9.17) is 0 Å². The lowest BCUT2D eigenvalue weighted by Crippen LogP contribution is -2.42. The summed E-state index contributed by atoms with van der Waals surface area (Å²) in [7, 11) is 0. The van der Waals surface area contributed by atoms with Gasteiger partial charge in [-0.2, -0.15) is 0 Å². The van der Waals surface area contributed by atoms with Gasteiger partial charge in [0.15, 0.2) is 0 Å². The van der Waals surface area contributed by atoms with E-state index in [9.17, 15) is 4.79 Å². The van der Waals surface area contributed by atoms with E-state index in [2.05, 4.69) is 34.9 Å². The Labute approximate surface area is 114 Å². The lowest BCUT2D eigenvalue weighted by molar-refractivity contribution is -0.119. The molecule has 98 valence electrons. The van der Waals surface area contributed by atoms with Gasteiger partial charge < -0.3 is 10.6 Å². The number of nitrogens with one attached hydrogen (secondary N) is 2. The maximum Gasteiger partial charge on any atom is 0.217 e. The smallest absolute Gasteiger partial charge is 0.217 e. The number of amides is 1. The van der Waals surface area contributed by atoms with Crippen molar-refractivity contribution in [3.63, 3.8) is 0 Å². The minimum atomic E-state index is 0. The van der Waals surface area contributed by atoms with Crippen molar-refractivity contribution >= 4 is 24.0 Å². The van der Waals surface area contributed by atoms with Crippen LogP contribution in [0.4, 0.5) is 5.69 Å². The number of hydrogen-bond acceptors (Lipinski definition) is 2. The Balaban J connectivity index is 0.00000120. The molecule has 3 rings (SSSR count). The first-order valence-electron chi connectivity index (χ1n) is 6.36. The molecule has 0 saturated heterocycles. The van der Waals surface area contributed by atoms with Crippen molar-refractivity contribution in [3.05, 3.63) is 29.8 Å². The van der Waals surface area contributed by atoms with Gasteiger partial charge in [0.05, 0.1) is 0 Å². The van der Waals surface area contributed by atoms with E-state index in [-0.39, 0.29) is 18.3 Å². The number of rotatable bonds is 1. The molecule has 3 atom stereocenters. The first-order chi connectivity index (χ1) is 8.24. The van der Waals surface area contributed by atoms with E-state index in [0.717, 1.165) is 12.8 Å². The Morgan fingerprint density at radius 2 is 2.11 bits per heavy atom. The maximum atomic E-state index is 11.1. The quantitative estimate of drug-likeness (QED) is 0.821. The van der Waals surface area contributed by atoms with Gasteiger partial charge in [-0.1, -0.05) is 18.2 Å². The second-order valence-electron chi connectivity index (χ2n) is 5.16. The highest BCUT2D eigenvalue weighted by molar-refractivity contribution is 5.85. The van der Waals surface area contributed by atoms with Crippen molar-refractivity contribution in [1.82, 2.24) is 5.32 Å². The van der Waals surface area contributed by atoms with Crippen LogP contribution in [0.15, 0.2) is 24.3 Å². The highest BCUT2D eigenvalue weighted by Gasteiger charge is 2.37. The summed E-state index contributed by atoms with van der Waals surface area (Å²) < 4.78 is 0. The summed E-state index contributed by atoms with van der Waals surface area (Å²) >= 11 is 0. The van der Waals surface area contributed by atoms with Crippen LogP contribution in [-0.4, -0.2) is 18.0 Å². The highest BCUT2D eigenvalue weighted by atomic mass is 35.5. The largest absolute Gasteiger partial charge is 0.381 e. The van der Waals surface area contributed by atoms with Gasteiger partial charge in [0, 0.05) is 30.6 Å². The third-order valence-electron chi connectivity index (χ3n) is 3.96. The second-order valence-corrected chi connectivity index (χ2v) is 5.16. The Kier molecular flexibility index (Phi) is 3.81. The summed E-state index contributed by atoms with van der Waals surface area (Å²) in [6.45, 7) is 1.60. The van der Waals surface area contributed by atoms with E-state index in [1.807, 2.05) is 0 Å². The zero-order valence-electron chi connectivity index (χ0n) is 10.5. The minimum absolute atomic E-state index is 0. The van der Waals surface area contributed by atoms with E-state index >= 15 is 0 Å². The fourth-order valence-corrected chi connectivity index (χ4v) is 3.27. The van der Waals surface area contributed by atoms with Gasteiger partial charge in [-0.3, -0.25) is 4.79 Å². The molecule has 2 aliphatic rings. The predicted octanol–water partition coefficient (Wildman–Crippen LogP) is 2.67. The SMILES string of the molecule is CC(=O)NC1CCC2c3ccccc3NC2C1.Cl. The Bertz CT molecular complexity index is 449. The molecule has 3 nitrogen and oxygen atoms in total. The molecule has 18 heavy (non-hydrogen) atoms. The lowest BCUT2D eigenvalue weighted by atomic mass is 9.80. The van der Waals surface area contributed by atoms with Gasteiger partial charge in [0.1, 0.15) is 0 Å². The molecule has 1 aromatic carbocycles. The van der Waals surface area contributed by atoms with Gasteiger partial charge >= 0.3 is 0 Å². The molecule has 1 heterocycles. The van der Waals surface area contributed by atoms with Crippen LogP contribution >= 0.6 is 12.4 Å². The Hall–Kier alpha value is -1.22. The molecule has 1 saturated carbocycles. The lowest BCUT2D eigenvalue weighted by Gasteiger charge is -2.32. The van der Waals surface area contributed by atoms with Crippen LogP contribution in [0.1, 0.15) is 37.7 Å². The number of fused-ring (bicyclic) bond motifs is 3. The summed E-state index contributed by atoms with van der Waals surface area (Å²) in [4.78, 5) is 11.1. The van der Waals surface area contributed by atoms with Crippen LogP contribution in [0.3, 0.4) is 0 Å². The summed E-state index contributed by atoms with van der Waals surface area (Å²) in [6.07, 6.45) is 3.30. The fraction of sp³-hybridized carbons (Fsp3) is 0.500. The summed E-state index contributed by atoms with van der Waals surface area (Å²) in [6, 6.07) is 9.41. The topological polar surface area (TPSA) is 41.1 Å². The van der Waals surface area contributed by atoms with Gasteiger partial charge in [0.2, 0.25) is 5.91 Å². The zero-order valence-corrected chi connectivity index (χ0v) is 11.3. The van der Waals surface area contributed by atoms with E-state index in [1.165, 1.54) is 17.7 Å². The standard InChI is InChI=1S/C14H18N2O.ClH/c1-9(17)15-10-6-7-12-11-4-2-3-5-13(11)16-14(12)8-10;/h2-5,10,12,14,16H,6-8H2,1H3,(H,15,17);1H. The molecule has 0 radical (unpaired) electrons. The van der Waals surface area contributed by atoms with Crippen LogP contribution < -0.4 is 10.6 Å². The van der Waals surface area contributed by atoms with Crippen LogP contribution in [-0.2, 0) is 4.79 Å². The van der Waals surface area contributed by atoms with Crippen LogP contribution in [0.5, 0.6) is 0 Å². The number of carbonyl (C=O) groups excluding carboxylic acids is 1. The molecule has 1 amide bonds. The molecular formula is C14H19ClN2O. The molecule has 1 aliphatic heterocycles. The highest BCUT2D eigenvalue weighted by Crippen LogP contribution is 2.43. The predicted molar refractivity (Wildman–Crippen MR) is 75.3 cm³/mol. The number of anilines is 1. The van der Waals surface area contributed by atoms with Crippen LogP contribution in [0.2, 0.25) is 0 Å². The van der Waals surface area contributed by atoms with Crippen LogP contribution in [0.25, 0.3) is 0 Å². The van der Waals surface area contributed by atoms with Crippen molar-refractivity contribution in [2.75, 3.05) is 5.32 Å². The van der Waals surface area contributed by atoms with Gasteiger partial charge in [-0.05, 0) is 30.9 Å². The van der Waals surface area contributed by atoms with E-state index < -0.39 is 0 Å². The van der Waals surface area contributed by atoms with E-state index in [0.29, 0.717) is 18.0 Å². The third kappa shape index (κ3) is 2.32. The molecule has 0 bridgehead atoms. The number of benzene rings is 1. The number of halogens is 1. The van der Waals surface area contributed by atoms with Crippen molar-refractivity contribution in [3.8, 4) is 0 Å². The number of para-hydroxylation sites is 1. The van der Waals surface area contributed by atoms with Gasteiger partial charge in [0.25, 0.3) is 0 Å². The Morgan fingerprint density at radius 1 is 1.33 bits per heavy atom. The first-order valence-corrected chi connectivity index (χ1v) is 6.36.